The highest BCUT2D eigenvalue weighted by molar-refractivity contribution is 7.98. The second-order valence-electron chi connectivity index (χ2n) is 4.54. The Morgan fingerprint density at radius 2 is 1.68 bits per heavy atom. The van der Waals surface area contributed by atoms with Crippen molar-refractivity contribution in [1.29, 1.82) is 5.26 Å². The van der Waals surface area contributed by atoms with E-state index in [0.29, 0.717) is 15.6 Å². The van der Waals surface area contributed by atoms with Gasteiger partial charge in [0.2, 0.25) is 0 Å². The number of rotatable bonds is 3. The van der Waals surface area contributed by atoms with Crippen LogP contribution in [0, 0.1) is 11.3 Å². The minimum Gasteiger partial charge on any atom is -0.286 e. The Morgan fingerprint density at radius 1 is 0.955 bits per heavy atom. The Labute approximate surface area is 143 Å². The van der Waals surface area contributed by atoms with Gasteiger partial charge in [-0.2, -0.15) is 5.26 Å². The zero-order valence-corrected chi connectivity index (χ0v) is 13.7. The van der Waals surface area contributed by atoms with E-state index in [1.54, 1.807) is 6.07 Å². The van der Waals surface area contributed by atoms with Gasteiger partial charge in [-0.15, -0.1) is 0 Å². The van der Waals surface area contributed by atoms with Crippen LogP contribution in [0.15, 0.2) is 65.7 Å². The second kappa shape index (κ2) is 6.50. The Hall–Kier alpha value is -1.86. The first-order chi connectivity index (χ1) is 10.7. The lowest BCUT2D eigenvalue weighted by atomic mass is 10.1. The van der Waals surface area contributed by atoms with E-state index in [-0.39, 0.29) is 0 Å². The highest BCUT2D eigenvalue weighted by Gasteiger charge is 2.13. The van der Waals surface area contributed by atoms with Gasteiger partial charge in [0.05, 0.1) is 16.3 Å². The van der Waals surface area contributed by atoms with Crippen molar-refractivity contribution in [2.75, 3.05) is 0 Å². The number of halogens is 2. The lowest BCUT2D eigenvalue weighted by Gasteiger charge is -2.10. The summed E-state index contributed by atoms with van der Waals surface area (Å²) in [5.74, 6) is 0. The molecule has 0 unspecified atom stereocenters. The van der Waals surface area contributed by atoms with Gasteiger partial charge in [-0.1, -0.05) is 47.5 Å². The second-order valence-corrected chi connectivity index (χ2v) is 6.40. The Kier molecular flexibility index (Phi) is 4.44. The third-order valence-electron chi connectivity index (χ3n) is 3.12. The molecule has 0 N–H and O–H groups in total. The molecule has 0 saturated carbocycles. The lowest BCUT2D eigenvalue weighted by molar-refractivity contribution is 1.26. The number of hydrogen-bond donors (Lipinski definition) is 0. The lowest BCUT2D eigenvalue weighted by Crippen LogP contribution is -1.91. The standard InChI is InChI=1S/C17H10Cl2N2S/c18-14-7-5-12(6-8-14)17-13(11-20)9-10-21(17)22-16-4-2-1-3-15(16)19/h1-10H. The third-order valence-corrected chi connectivity index (χ3v) is 4.87. The molecule has 0 saturated heterocycles. The maximum atomic E-state index is 9.34. The van der Waals surface area contributed by atoms with Gasteiger partial charge in [0.25, 0.3) is 0 Å². The van der Waals surface area contributed by atoms with Gasteiger partial charge in [0, 0.05) is 21.7 Å². The summed E-state index contributed by atoms with van der Waals surface area (Å²) in [7, 11) is 0. The summed E-state index contributed by atoms with van der Waals surface area (Å²) < 4.78 is 1.95. The summed E-state index contributed by atoms with van der Waals surface area (Å²) >= 11 is 13.6. The molecule has 0 radical (unpaired) electrons. The van der Waals surface area contributed by atoms with Crippen LogP contribution in [-0.2, 0) is 0 Å². The van der Waals surface area contributed by atoms with Gasteiger partial charge >= 0.3 is 0 Å². The first kappa shape index (κ1) is 15.1. The first-order valence-electron chi connectivity index (χ1n) is 6.49. The average molecular weight is 345 g/mol. The first-order valence-corrected chi connectivity index (χ1v) is 8.02. The minimum atomic E-state index is 0.613. The molecule has 0 atom stereocenters. The van der Waals surface area contributed by atoms with E-state index in [0.717, 1.165) is 16.2 Å². The predicted molar refractivity (Wildman–Crippen MR) is 92.3 cm³/mol. The summed E-state index contributed by atoms with van der Waals surface area (Å²) in [6, 6.07) is 19.1. The molecule has 3 aromatic rings. The molecule has 0 aliphatic heterocycles. The molecule has 108 valence electrons. The van der Waals surface area contributed by atoms with Crippen LogP contribution in [0.2, 0.25) is 10.0 Å². The van der Waals surface area contributed by atoms with Crippen LogP contribution in [0.3, 0.4) is 0 Å². The number of benzene rings is 2. The zero-order valence-electron chi connectivity index (χ0n) is 11.3. The molecule has 0 aliphatic rings. The normalized spacial score (nSPS) is 10.4. The maximum Gasteiger partial charge on any atom is 0.101 e. The van der Waals surface area contributed by atoms with Gasteiger partial charge < -0.3 is 0 Å². The fraction of sp³-hybridized carbons (Fsp3) is 0. The topological polar surface area (TPSA) is 28.7 Å². The van der Waals surface area contributed by atoms with Gasteiger partial charge in [-0.3, -0.25) is 3.97 Å². The summed E-state index contributed by atoms with van der Waals surface area (Å²) in [5.41, 5.74) is 2.39. The van der Waals surface area contributed by atoms with Crippen molar-refractivity contribution in [2.24, 2.45) is 0 Å². The van der Waals surface area contributed by atoms with E-state index >= 15 is 0 Å². The van der Waals surface area contributed by atoms with Crippen LogP contribution in [0.5, 0.6) is 0 Å². The summed E-state index contributed by atoms with van der Waals surface area (Å²) in [6.07, 6.45) is 1.87. The van der Waals surface area contributed by atoms with Crippen LogP contribution >= 0.6 is 35.1 Å². The van der Waals surface area contributed by atoms with Crippen LogP contribution in [0.4, 0.5) is 0 Å². The Bertz CT molecular complexity index is 848. The number of aromatic nitrogens is 1. The maximum absolute atomic E-state index is 9.34. The summed E-state index contributed by atoms with van der Waals surface area (Å²) in [4.78, 5) is 0.930. The summed E-state index contributed by atoms with van der Waals surface area (Å²) in [6.45, 7) is 0. The minimum absolute atomic E-state index is 0.613. The van der Waals surface area contributed by atoms with Crippen LogP contribution in [0.25, 0.3) is 11.3 Å². The molecular weight excluding hydrogens is 335 g/mol. The third kappa shape index (κ3) is 3.00. The zero-order chi connectivity index (χ0) is 15.5. The van der Waals surface area contributed by atoms with Crippen LogP contribution in [0.1, 0.15) is 5.56 Å². The molecule has 0 spiro atoms. The van der Waals surface area contributed by atoms with Crippen molar-refractivity contribution >= 4 is 35.1 Å². The highest BCUT2D eigenvalue weighted by atomic mass is 35.5. The molecule has 2 nitrogen and oxygen atoms in total. The van der Waals surface area contributed by atoms with E-state index in [2.05, 4.69) is 6.07 Å². The molecule has 22 heavy (non-hydrogen) atoms. The van der Waals surface area contributed by atoms with E-state index in [1.165, 1.54) is 11.9 Å². The monoisotopic (exact) mass is 344 g/mol. The van der Waals surface area contributed by atoms with Crippen molar-refractivity contribution < 1.29 is 0 Å². The number of hydrogen-bond acceptors (Lipinski definition) is 2. The molecule has 3 rings (SSSR count). The Balaban J connectivity index is 2.06. The molecule has 0 fully saturated rings. The van der Waals surface area contributed by atoms with E-state index in [1.807, 2.05) is 58.7 Å². The van der Waals surface area contributed by atoms with E-state index < -0.39 is 0 Å². The molecule has 1 heterocycles. The number of nitriles is 1. The summed E-state index contributed by atoms with van der Waals surface area (Å²) in [5, 5.41) is 10.7. The number of nitrogens with zero attached hydrogens (tertiary/aromatic N) is 2. The van der Waals surface area contributed by atoms with Crippen molar-refractivity contribution in [2.45, 2.75) is 4.90 Å². The fourth-order valence-electron chi connectivity index (χ4n) is 2.10. The van der Waals surface area contributed by atoms with Gasteiger partial charge in [0.1, 0.15) is 6.07 Å². The fourth-order valence-corrected chi connectivity index (χ4v) is 3.38. The van der Waals surface area contributed by atoms with Crippen molar-refractivity contribution in [1.82, 2.24) is 3.97 Å². The van der Waals surface area contributed by atoms with Crippen molar-refractivity contribution in [3.63, 3.8) is 0 Å². The van der Waals surface area contributed by atoms with E-state index in [9.17, 15) is 5.26 Å². The molecule has 0 aliphatic carbocycles. The molecule has 2 aromatic carbocycles. The van der Waals surface area contributed by atoms with Crippen LogP contribution in [-0.4, -0.2) is 3.97 Å². The quantitative estimate of drug-likeness (QED) is 0.592. The highest BCUT2D eigenvalue weighted by Crippen LogP contribution is 2.34. The van der Waals surface area contributed by atoms with Crippen molar-refractivity contribution in [3.05, 3.63) is 76.4 Å². The van der Waals surface area contributed by atoms with Gasteiger partial charge in [-0.25, -0.2) is 0 Å². The molecule has 0 amide bonds. The van der Waals surface area contributed by atoms with Gasteiger partial charge in [-0.05, 0) is 42.3 Å². The average Bonchev–Trinajstić information content (AvgIpc) is 2.93. The molecular formula is C17H10Cl2N2S. The molecule has 5 heteroatoms. The van der Waals surface area contributed by atoms with Gasteiger partial charge in [0.15, 0.2) is 0 Å². The largest absolute Gasteiger partial charge is 0.286 e. The predicted octanol–water partition coefficient (Wildman–Crippen LogP) is 5.89. The van der Waals surface area contributed by atoms with Crippen molar-refractivity contribution in [3.8, 4) is 17.3 Å². The van der Waals surface area contributed by atoms with Crippen LogP contribution < -0.4 is 0 Å². The SMILES string of the molecule is N#Cc1ccn(Sc2ccccc2Cl)c1-c1ccc(Cl)cc1. The smallest absolute Gasteiger partial charge is 0.101 e. The Morgan fingerprint density at radius 3 is 2.36 bits per heavy atom. The molecule has 1 aromatic heterocycles. The van der Waals surface area contributed by atoms with E-state index in [4.69, 9.17) is 23.2 Å². The molecule has 0 bridgehead atoms.